The van der Waals surface area contributed by atoms with Gasteiger partial charge in [-0.2, -0.15) is 0 Å². The largest absolute Gasteiger partial charge is 0.367 e. The number of hydrogen-bond donors (Lipinski definition) is 1. The third kappa shape index (κ3) is 3.56. The number of amides is 1. The summed E-state index contributed by atoms with van der Waals surface area (Å²) < 4.78 is 14.1. The first-order valence-electron chi connectivity index (χ1n) is 10.8. The van der Waals surface area contributed by atoms with E-state index in [0.29, 0.717) is 11.7 Å². The molecule has 0 bridgehead atoms. The fourth-order valence-electron chi connectivity index (χ4n) is 4.89. The van der Waals surface area contributed by atoms with Crippen LogP contribution < -0.4 is 4.90 Å². The maximum atomic E-state index is 14.1. The zero-order chi connectivity index (χ0) is 20.5. The number of piperidine rings is 1. The minimum Gasteiger partial charge on any atom is -0.367 e. The predicted octanol–water partition coefficient (Wildman–Crippen LogP) is 3.73. The molecule has 1 atom stereocenters. The van der Waals surface area contributed by atoms with E-state index in [4.69, 9.17) is 0 Å². The number of nitrogens with one attached hydrogen (secondary N) is 1. The minimum absolute atomic E-state index is 0.113. The van der Waals surface area contributed by atoms with Crippen molar-refractivity contribution < 1.29 is 9.18 Å². The molecule has 3 aromatic rings. The number of piperazine rings is 1. The van der Waals surface area contributed by atoms with Crippen molar-refractivity contribution in [3.63, 3.8) is 0 Å². The van der Waals surface area contributed by atoms with Crippen molar-refractivity contribution in [1.29, 1.82) is 0 Å². The Morgan fingerprint density at radius 2 is 1.73 bits per heavy atom. The fraction of sp³-hybridized carbons (Fsp3) is 0.375. The van der Waals surface area contributed by atoms with Crippen LogP contribution in [0.3, 0.4) is 0 Å². The molecule has 2 saturated heterocycles. The number of likely N-dealkylation sites (tertiary alicyclic amines) is 1. The third-order valence-electron chi connectivity index (χ3n) is 6.53. The van der Waals surface area contributed by atoms with Crippen LogP contribution >= 0.6 is 0 Å². The van der Waals surface area contributed by atoms with Gasteiger partial charge in [0.2, 0.25) is 0 Å². The second-order valence-electron chi connectivity index (χ2n) is 8.27. The molecule has 2 aromatic carbocycles. The molecule has 156 valence electrons. The molecule has 1 amide bonds. The van der Waals surface area contributed by atoms with Crippen molar-refractivity contribution in [3.05, 3.63) is 66.1 Å². The van der Waals surface area contributed by atoms with Crippen molar-refractivity contribution in [1.82, 2.24) is 14.8 Å². The Bertz CT molecular complexity index is 1040. The number of benzene rings is 2. The molecule has 2 aliphatic heterocycles. The Hall–Kier alpha value is -2.86. The number of H-pyrrole nitrogens is 1. The quantitative estimate of drug-likeness (QED) is 0.721. The zero-order valence-corrected chi connectivity index (χ0v) is 17.1. The summed E-state index contributed by atoms with van der Waals surface area (Å²) in [5.41, 5.74) is 2.45. The van der Waals surface area contributed by atoms with Crippen LogP contribution in [0.1, 0.15) is 23.2 Å². The number of para-hydroxylation sites is 2. The smallest absolute Gasteiger partial charge is 0.256 e. The number of carbonyl (C=O) groups is 1. The number of anilines is 1. The lowest BCUT2D eigenvalue weighted by Gasteiger charge is -2.44. The molecule has 0 spiro atoms. The molecular formula is C24H27FN4O. The monoisotopic (exact) mass is 406 g/mol. The van der Waals surface area contributed by atoms with Crippen molar-refractivity contribution in [2.45, 2.75) is 18.9 Å². The Balaban J connectivity index is 1.24. The summed E-state index contributed by atoms with van der Waals surface area (Å²) in [6.07, 6.45) is 3.97. The number of halogens is 1. The highest BCUT2D eigenvalue weighted by molar-refractivity contribution is 6.06. The maximum absolute atomic E-state index is 14.1. The van der Waals surface area contributed by atoms with E-state index in [2.05, 4.69) is 14.8 Å². The summed E-state index contributed by atoms with van der Waals surface area (Å²) in [5.74, 6) is -0.0405. The van der Waals surface area contributed by atoms with Crippen LogP contribution in [0.15, 0.2) is 54.7 Å². The van der Waals surface area contributed by atoms with Gasteiger partial charge >= 0.3 is 0 Å². The van der Waals surface area contributed by atoms with Crippen molar-refractivity contribution in [2.24, 2.45) is 0 Å². The Morgan fingerprint density at radius 1 is 0.967 bits per heavy atom. The first-order chi connectivity index (χ1) is 14.7. The van der Waals surface area contributed by atoms with Crippen LogP contribution in [0.4, 0.5) is 10.1 Å². The highest BCUT2D eigenvalue weighted by Crippen LogP contribution is 2.25. The normalized spacial score (nSPS) is 20.6. The number of hydrogen-bond acceptors (Lipinski definition) is 3. The standard InChI is InChI=1S/C24H27FN4O/c25-21-8-2-4-10-23(21)28-14-12-27(13-15-28)18-6-5-11-29(17-18)24(30)20-16-26-22-9-3-1-7-19(20)22/h1-4,7-10,16,18,26H,5-6,11-15,17H2. The number of fused-ring (bicyclic) bond motifs is 1. The molecule has 6 heteroatoms. The average Bonchev–Trinajstić information content (AvgIpc) is 3.23. The molecule has 0 saturated carbocycles. The Labute approximate surface area is 176 Å². The second kappa shape index (κ2) is 8.11. The molecule has 5 rings (SSSR count). The molecular weight excluding hydrogens is 379 g/mol. The molecule has 3 heterocycles. The lowest BCUT2D eigenvalue weighted by atomic mass is 10.0. The van der Waals surface area contributed by atoms with E-state index in [0.717, 1.165) is 68.6 Å². The molecule has 1 aromatic heterocycles. The van der Waals surface area contributed by atoms with Gasteiger partial charge in [-0.1, -0.05) is 30.3 Å². The minimum atomic E-state index is -0.154. The van der Waals surface area contributed by atoms with Gasteiger partial charge in [0.05, 0.1) is 11.3 Å². The van der Waals surface area contributed by atoms with Gasteiger partial charge in [-0.3, -0.25) is 9.69 Å². The highest BCUT2D eigenvalue weighted by Gasteiger charge is 2.31. The van der Waals surface area contributed by atoms with Crippen LogP contribution in [0.25, 0.3) is 10.9 Å². The molecule has 0 radical (unpaired) electrons. The van der Waals surface area contributed by atoms with Gasteiger partial charge in [0.15, 0.2) is 0 Å². The van der Waals surface area contributed by atoms with E-state index in [1.807, 2.05) is 47.5 Å². The van der Waals surface area contributed by atoms with Crippen LogP contribution in [0, 0.1) is 5.82 Å². The SMILES string of the molecule is O=C(c1c[nH]c2ccccc12)N1CCCC(N2CCN(c3ccccc3F)CC2)C1. The van der Waals surface area contributed by atoms with Crippen molar-refractivity contribution in [3.8, 4) is 0 Å². The van der Waals surface area contributed by atoms with Gasteiger partial charge in [-0.05, 0) is 31.0 Å². The van der Waals surface area contributed by atoms with Gasteiger partial charge in [0, 0.05) is 62.4 Å². The van der Waals surface area contributed by atoms with E-state index in [9.17, 15) is 9.18 Å². The number of aromatic nitrogens is 1. The van der Waals surface area contributed by atoms with E-state index in [1.54, 1.807) is 6.07 Å². The van der Waals surface area contributed by atoms with Gasteiger partial charge in [-0.25, -0.2) is 4.39 Å². The van der Waals surface area contributed by atoms with E-state index >= 15 is 0 Å². The number of aromatic amines is 1. The maximum Gasteiger partial charge on any atom is 0.256 e. The van der Waals surface area contributed by atoms with Gasteiger partial charge < -0.3 is 14.8 Å². The van der Waals surface area contributed by atoms with Crippen LogP contribution in [0.2, 0.25) is 0 Å². The average molecular weight is 407 g/mol. The molecule has 2 fully saturated rings. The summed E-state index contributed by atoms with van der Waals surface area (Å²) in [6, 6.07) is 15.3. The summed E-state index contributed by atoms with van der Waals surface area (Å²) in [6.45, 7) is 4.99. The van der Waals surface area contributed by atoms with Crippen molar-refractivity contribution in [2.75, 3.05) is 44.2 Å². The first kappa shape index (κ1) is 19.1. The zero-order valence-electron chi connectivity index (χ0n) is 17.1. The van der Waals surface area contributed by atoms with Crippen molar-refractivity contribution >= 4 is 22.5 Å². The summed E-state index contributed by atoms with van der Waals surface area (Å²) in [7, 11) is 0. The predicted molar refractivity (Wildman–Crippen MR) is 117 cm³/mol. The summed E-state index contributed by atoms with van der Waals surface area (Å²) >= 11 is 0. The summed E-state index contributed by atoms with van der Waals surface area (Å²) in [5, 5.41) is 0.989. The van der Waals surface area contributed by atoms with E-state index in [1.165, 1.54) is 6.07 Å². The number of rotatable bonds is 3. The fourth-order valence-corrected chi connectivity index (χ4v) is 4.89. The number of nitrogens with zero attached hydrogens (tertiary/aromatic N) is 3. The molecule has 1 N–H and O–H groups in total. The first-order valence-corrected chi connectivity index (χ1v) is 10.8. The molecule has 1 unspecified atom stereocenters. The number of carbonyl (C=O) groups excluding carboxylic acids is 1. The lowest BCUT2D eigenvalue weighted by Crippen LogP contribution is -2.56. The van der Waals surface area contributed by atoms with E-state index in [-0.39, 0.29) is 11.7 Å². The Kier molecular flexibility index (Phi) is 5.17. The highest BCUT2D eigenvalue weighted by atomic mass is 19.1. The van der Waals surface area contributed by atoms with E-state index < -0.39 is 0 Å². The van der Waals surface area contributed by atoms with Gasteiger partial charge in [0.25, 0.3) is 5.91 Å². The lowest BCUT2D eigenvalue weighted by molar-refractivity contribution is 0.0565. The second-order valence-corrected chi connectivity index (χ2v) is 8.27. The summed E-state index contributed by atoms with van der Waals surface area (Å²) in [4.78, 5) is 23.0. The van der Waals surface area contributed by atoms with Crippen LogP contribution in [-0.4, -0.2) is 66.0 Å². The molecule has 30 heavy (non-hydrogen) atoms. The van der Waals surface area contributed by atoms with Gasteiger partial charge in [-0.15, -0.1) is 0 Å². The topological polar surface area (TPSA) is 42.6 Å². The molecule has 0 aliphatic carbocycles. The van der Waals surface area contributed by atoms with Crippen LogP contribution in [0.5, 0.6) is 0 Å². The van der Waals surface area contributed by atoms with Crippen LogP contribution in [-0.2, 0) is 0 Å². The van der Waals surface area contributed by atoms with Gasteiger partial charge in [0.1, 0.15) is 5.82 Å². The third-order valence-corrected chi connectivity index (χ3v) is 6.53. The Morgan fingerprint density at radius 3 is 2.57 bits per heavy atom. The molecule has 2 aliphatic rings. The molecule has 5 nitrogen and oxygen atoms in total.